The molecule has 0 aliphatic carbocycles. The summed E-state index contributed by atoms with van der Waals surface area (Å²) in [4.78, 5) is 2.52. The largest absolute Gasteiger partial charge is 0.380 e. The van der Waals surface area contributed by atoms with Gasteiger partial charge in [0.25, 0.3) is 0 Å². The molecule has 2 rings (SSSR count). The standard InChI is InChI=1S/C17H27BrN2O/c1-3-9-19-17(14-5-4-6-15(18)12-14)8-11-20-10-7-16(13-20)21-2/h4-6,12,16-17,19H,3,7-11,13H2,1-2H3. The van der Waals surface area contributed by atoms with Gasteiger partial charge in [0.1, 0.15) is 0 Å². The van der Waals surface area contributed by atoms with Crippen LogP contribution in [0.25, 0.3) is 0 Å². The monoisotopic (exact) mass is 354 g/mol. The van der Waals surface area contributed by atoms with Gasteiger partial charge in [-0.3, -0.25) is 0 Å². The molecule has 21 heavy (non-hydrogen) atoms. The molecule has 1 saturated heterocycles. The third-order valence-corrected chi connectivity index (χ3v) is 4.68. The van der Waals surface area contributed by atoms with Crippen molar-refractivity contribution in [2.24, 2.45) is 0 Å². The Bertz CT molecular complexity index is 427. The molecule has 0 amide bonds. The van der Waals surface area contributed by atoms with Crippen LogP contribution in [-0.2, 0) is 4.74 Å². The third kappa shape index (κ3) is 5.37. The van der Waals surface area contributed by atoms with Gasteiger partial charge in [0.15, 0.2) is 0 Å². The lowest BCUT2D eigenvalue weighted by Gasteiger charge is -2.23. The van der Waals surface area contributed by atoms with Crippen molar-refractivity contribution in [2.75, 3.05) is 33.3 Å². The fraction of sp³-hybridized carbons (Fsp3) is 0.647. The van der Waals surface area contributed by atoms with Crippen LogP contribution in [0.1, 0.15) is 37.8 Å². The minimum atomic E-state index is 0.429. The van der Waals surface area contributed by atoms with Crippen molar-refractivity contribution in [3.63, 3.8) is 0 Å². The van der Waals surface area contributed by atoms with Crippen molar-refractivity contribution in [1.29, 1.82) is 0 Å². The molecule has 0 saturated carbocycles. The number of nitrogens with zero attached hydrogens (tertiary/aromatic N) is 1. The van der Waals surface area contributed by atoms with Crippen molar-refractivity contribution in [1.82, 2.24) is 10.2 Å². The van der Waals surface area contributed by atoms with E-state index in [-0.39, 0.29) is 0 Å². The Hall–Kier alpha value is -0.420. The van der Waals surface area contributed by atoms with Crippen LogP contribution in [0.2, 0.25) is 0 Å². The second-order valence-electron chi connectivity index (χ2n) is 5.80. The Morgan fingerprint density at radius 3 is 3.00 bits per heavy atom. The fourth-order valence-corrected chi connectivity index (χ4v) is 3.35. The molecule has 1 fully saturated rings. The molecule has 1 aliphatic rings. The quantitative estimate of drug-likeness (QED) is 0.771. The Morgan fingerprint density at radius 1 is 1.48 bits per heavy atom. The molecule has 0 bridgehead atoms. The van der Waals surface area contributed by atoms with Gasteiger partial charge in [-0.25, -0.2) is 0 Å². The summed E-state index contributed by atoms with van der Waals surface area (Å²) in [5.41, 5.74) is 1.38. The maximum absolute atomic E-state index is 5.45. The summed E-state index contributed by atoms with van der Waals surface area (Å²) in [5, 5.41) is 3.68. The number of benzene rings is 1. The molecule has 1 aliphatic heterocycles. The maximum atomic E-state index is 5.45. The summed E-state index contributed by atoms with van der Waals surface area (Å²) in [6.45, 7) is 6.66. The Kier molecular flexibility index (Phi) is 7.17. The van der Waals surface area contributed by atoms with E-state index in [2.05, 4.69) is 57.3 Å². The topological polar surface area (TPSA) is 24.5 Å². The smallest absolute Gasteiger partial charge is 0.0710 e. The highest BCUT2D eigenvalue weighted by Gasteiger charge is 2.22. The van der Waals surface area contributed by atoms with Crippen LogP contribution in [0.4, 0.5) is 0 Å². The van der Waals surface area contributed by atoms with E-state index in [9.17, 15) is 0 Å². The summed E-state index contributed by atoms with van der Waals surface area (Å²) in [5.74, 6) is 0. The summed E-state index contributed by atoms with van der Waals surface area (Å²) in [7, 11) is 1.82. The SMILES string of the molecule is CCCNC(CCN1CCC(OC)C1)c1cccc(Br)c1. The normalized spacial score (nSPS) is 20.8. The molecule has 0 radical (unpaired) electrons. The molecular formula is C17H27BrN2O. The van der Waals surface area contributed by atoms with Crippen LogP contribution in [0.3, 0.4) is 0 Å². The molecule has 1 aromatic carbocycles. The first-order valence-electron chi connectivity index (χ1n) is 7.97. The zero-order chi connectivity index (χ0) is 15.1. The van der Waals surface area contributed by atoms with E-state index in [1.807, 2.05) is 7.11 Å². The number of nitrogens with one attached hydrogen (secondary N) is 1. The van der Waals surface area contributed by atoms with E-state index < -0.39 is 0 Å². The predicted octanol–water partition coefficient (Wildman–Crippen LogP) is 3.60. The predicted molar refractivity (Wildman–Crippen MR) is 91.6 cm³/mol. The van der Waals surface area contributed by atoms with Crippen molar-refractivity contribution in [3.05, 3.63) is 34.3 Å². The number of methoxy groups -OCH3 is 1. The first-order chi connectivity index (χ1) is 10.2. The molecule has 2 unspecified atom stereocenters. The van der Waals surface area contributed by atoms with E-state index in [1.165, 1.54) is 18.4 Å². The third-order valence-electron chi connectivity index (χ3n) is 4.19. The number of hydrogen-bond donors (Lipinski definition) is 1. The van der Waals surface area contributed by atoms with Gasteiger partial charge in [0, 0.05) is 37.3 Å². The minimum Gasteiger partial charge on any atom is -0.380 e. The molecule has 4 heteroatoms. The van der Waals surface area contributed by atoms with Crippen LogP contribution < -0.4 is 5.32 Å². The zero-order valence-corrected chi connectivity index (χ0v) is 14.7. The molecular weight excluding hydrogens is 328 g/mol. The Balaban J connectivity index is 1.90. The van der Waals surface area contributed by atoms with Gasteiger partial charge in [0.05, 0.1) is 6.10 Å². The van der Waals surface area contributed by atoms with Gasteiger partial charge in [-0.1, -0.05) is 35.0 Å². The fourth-order valence-electron chi connectivity index (χ4n) is 2.93. The molecule has 1 N–H and O–H groups in total. The molecule has 0 spiro atoms. The highest BCUT2D eigenvalue weighted by molar-refractivity contribution is 9.10. The lowest BCUT2D eigenvalue weighted by atomic mass is 10.0. The van der Waals surface area contributed by atoms with Gasteiger partial charge < -0.3 is 15.0 Å². The molecule has 0 aromatic heterocycles. The lowest BCUT2D eigenvalue weighted by molar-refractivity contribution is 0.107. The first-order valence-corrected chi connectivity index (χ1v) is 8.76. The van der Waals surface area contributed by atoms with Crippen LogP contribution in [0, 0.1) is 0 Å². The summed E-state index contributed by atoms with van der Waals surface area (Å²) in [6, 6.07) is 9.10. The van der Waals surface area contributed by atoms with E-state index in [0.29, 0.717) is 12.1 Å². The average molecular weight is 355 g/mol. The Labute approximate surface area is 137 Å². The van der Waals surface area contributed by atoms with Gasteiger partial charge in [-0.15, -0.1) is 0 Å². The van der Waals surface area contributed by atoms with E-state index in [0.717, 1.165) is 37.1 Å². The molecule has 118 valence electrons. The molecule has 1 aromatic rings. The van der Waals surface area contributed by atoms with Gasteiger partial charge in [0.2, 0.25) is 0 Å². The maximum Gasteiger partial charge on any atom is 0.0710 e. The van der Waals surface area contributed by atoms with Gasteiger partial charge >= 0.3 is 0 Å². The zero-order valence-electron chi connectivity index (χ0n) is 13.1. The Morgan fingerprint density at radius 2 is 2.33 bits per heavy atom. The van der Waals surface area contributed by atoms with Crippen LogP contribution >= 0.6 is 15.9 Å². The second kappa shape index (κ2) is 8.89. The van der Waals surface area contributed by atoms with E-state index in [4.69, 9.17) is 4.74 Å². The van der Waals surface area contributed by atoms with Gasteiger partial charge in [-0.05, 0) is 43.5 Å². The highest BCUT2D eigenvalue weighted by atomic mass is 79.9. The van der Waals surface area contributed by atoms with Crippen LogP contribution in [-0.4, -0.2) is 44.3 Å². The van der Waals surface area contributed by atoms with E-state index in [1.54, 1.807) is 0 Å². The number of ether oxygens (including phenoxy) is 1. The number of rotatable bonds is 8. The van der Waals surface area contributed by atoms with Crippen LogP contribution in [0.5, 0.6) is 0 Å². The second-order valence-corrected chi connectivity index (χ2v) is 6.71. The number of halogens is 1. The van der Waals surface area contributed by atoms with Crippen molar-refractivity contribution < 1.29 is 4.74 Å². The van der Waals surface area contributed by atoms with Crippen molar-refractivity contribution >= 4 is 15.9 Å². The first kappa shape index (κ1) is 16.9. The van der Waals surface area contributed by atoms with Crippen molar-refractivity contribution in [2.45, 2.75) is 38.3 Å². The van der Waals surface area contributed by atoms with Crippen LogP contribution in [0.15, 0.2) is 28.7 Å². The van der Waals surface area contributed by atoms with E-state index >= 15 is 0 Å². The van der Waals surface area contributed by atoms with Gasteiger partial charge in [-0.2, -0.15) is 0 Å². The lowest BCUT2D eigenvalue weighted by Crippen LogP contribution is -2.29. The summed E-state index contributed by atoms with van der Waals surface area (Å²) in [6.07, 6.45) is 3.91. The molecule has 1 heterocycles. The molecule has 2 atom stereocenters. The number of hydrogen-bond acceptors (Lipinski definition) is 3. The molecule has 3 nitrogen and oxygen atoms in total. The summed E-state index contributed by atoms with van der Waals surface area (Å²) < 4.78 is 6.61. The minimum absolute atomic E-state index is 0.429. The van der Waals surface area contributed by atoms with Crippen molar-refractivity contribution in [3.8, 4) is 0 Å². The average Bonchev–Trinajstić information content (AvgIpc) is 2.95. The highest BCUT2D eigenvalue weighted by Crippen LogP contribution is 2.22. The number of likely N-dealkylation sites (tertiary alicyclic amines) is 1. The summed E-state index contributed by atoms with van der Waals surface area (Å²) >= 11 is 3.58.